The molecular formula is C20H26N8O3S2. The summed E-state index contributed by atoms with van der Waals surface area (Å²) in [5.41, 5.74) is 1.42. The van der Waals surface area contributed by atoms with E-state index >= 15 is 0 Å². The zero-order valence-corrected chi connectivity index (χ0v) is 20.2. The number of hydrogen-bond acceptors (Lipinski definition) is 10. The van der Waals surface area contributed by atoms with Gasteiger partial charge in [-0.1, -0.05) is 0 Å². The fourth-order valence-electron chi connectivity index (χ4n) is 3.34. The van der Waals surface area contributed by atoms with Crippen molar-refractivity contribution >= 4 is 44.9 Å². The molecule has 1 aliphatic rings. The Morgan fingerprint density at radius 1 is 1.15 bits per heavy atom. The lowest BCUT2D eigenvalue weighted by atomic mass is 10.3. The number of aromatic amines is 1. The molecule has 4 N–H and O–H groups in total. The van der Waals surface area contributed by atoms with Gasteiger partial charge in [0.15, 0.2) is 22.6 Å². The Hall–Kier alpha value is -3.03. The van der Waals surface area contributed by atoms with Gasteiger partial charge in [0.1, 0.15) is 0 Å². The van der Waals surface area contributed by atoms with Crippen molar-refractivity contribution in [2.24, 2.45) is 0 Å². The summed E-state index contributed by atoms with van der Waals surface area (Å²) < 4.78 is 31.1. The summed E-state index contributed by atoms with van der Waals surface area (Å²) in [7, 11) is -1.73. The molecule has 2 aromatic heterocycles. The Morgan fingerprint density at radius 3 is 2.48 bits per heavy atom. The van der Waals surface area contributed by atoms with E-state index in [1.54, 1.807) is 19.2 Å². The third-order valence-corrected chi connectivity index (χ3v) is 6.25. The zero-order valence-electron chi connectivity index (χ0n) is 18.5. The minimum Gasteiger partial charge on any atom is -0.490 e. The average molecular weight is 491 g/mol. The van der Waals surface area contributed by atoms with Crippen LogP contribution in [0.4, 0.5) is 23.1 Å². The van der Waals surface area contributed by atoms with E-state index in [2.05, 4.69) is 35.4 Å². The molecule has 13 heteroatoms. The van der Waals surface area contributed by atoms with Gasteiger partial charge in [-0.2, -0.15) is 5.10 Å². The minimum absolute atomic E-state index is 0.496. The Labute approximate surface area is 196 Å². The van der Waals surface area contributed by atoms with Crippen LogP contribution in [0.2, 0.25) is 0 Å². The predicted molar refractivity (Wildman–Crippen MR) is 129 cm³/mol. The monoisotopic (exact) mass is 490 g/mol. The molecule has 3 aromatic rings. The van der Waals surface area contributed by atoms with Gasteiger partial charge in [0.05, 0.1) is 13.4 Å². The van der Waals surface area contributed by atoms with Crippen molar-refractivity contribution in [3.05, 3.63) is 36.0 Å². The van der Waals surface area contributed by atoms with Crippen molar-refractivity contribution < 1.29 is 13.2 Å². The third-order valence-electron chi connectivity index (χ3n) is 4.77. The molecule has 11 nitrogen and oxygen atoms in total. The summed E-state index contributed by atoms with van der Waals surface area (Å²) in [6.45, 7) is 5.22. The van der Waals surface area contributed by atoms with Crippen molar-refractivity contribution in [3.8, 4) is 5.75 Å². The smallest absolute Gasteiger partial charge is 0.229 e. The van der Waals surface area contributed by atoms with E-state index in [0.29, 0.717) is 34.0 Å². The molecular weight excluding hydrogens is 464 g/mol. The Bertz CT molecular complexity index is 1210. The highest BCUT2D eigenvalue weighted by Gasteiger charge is 2.23. The summed E-state index contributed by atoms with van der Waals surface area (Å²) in [6.07, 6.45) is 1.12. The number of piperazine rings is 1. The largest absolute Gasteiger partial charge is 0.490 e. The van der Waals surface area contributed by atoms with E-state index < -0.39 is 10.0 Å². The molecule has 0 radical (unpaired) electrons. The Balaban J connectivity index is 1.66. The minimum atomic E-state index is -3.33. The number of benzene rings is 1. The number of rotatable bonds is 8. The van der Waals surface area contributed by atoms with Gasteiger partial charge < -0.3 is 20.3 Å². The van der Waals surface area contributed by atoms with Crippen molar-refractivity contribution in [1.29, 1.82) is 0 Å². The molecule has 176 valence electrons. The predicted octanol–water partition coefficient (Wildman–Crippen LogP) is 2.19. The van der Waals surface area contributed by atoms with E-state index in [1.807, 2.05) is 25.1 Å². The maximum atomic E-state index is 11.4. The van der Waals surface area contributed by atoms with Gasteiger partial charge in [-0.3, -0.25) is 9.82 Å². The van der Waals surface area contributed by atoms with Crippen LogP contribution < -0.4 is 25.0 Å². The second-order valence-electron chi connectivity index (χ2n) is 7.51. The van der Waals surface area contributed by atoms with Crippen LogP contribution in [0.3, 0.4) is 0 Å². The Kier molecular flexibility index (Phi) is 6.91. The number of methoxy groups -OCH3 is 1. The summed E-state index contributed by atoms with van der Waals surface area (Å²) >= 11 is 1.38. The second kappa shape index (κ2) is 9.85. The van der Waals surface area contributed by atoms with E-state index in [-0.39, 0.29) is 0 Å². The molecule has 1 saturated heterocycles. The van der Waals surface area contributed by atoms with E-state index in [4.69, 9.17) is 9.72 Å². The molecule has 0 bridgehead atoms. The van der Waals surface area contributed by atoms with Gasteiger partial charge in [-0.05, 0) is 43.0 Å². The molecule has 1 aromatic carbocycles. The van der Waals surface area contributed by atoms with Gasteiger partial charge >= 0.3 is 0 Å². The number of anilines is 4. The molecule has 0 aliphatic carbocycles. The summed E-state index contributed by atoms with van der Waals surface area (Å²) in [5, 5.41) is 14.3. The van der Waals surface area contributed by atoms with E-state index in [1.165, 1.54) is 11.8 Å². The molecule has 1 aliphatic heterocycles. The lowest BCUT2D eigenvalue weighted by Crippen LogP contribution is -2.44. The fourth-order valence-corrected chi connectivity index (χ4v) is 4.66. The highest BCUT2D eigenvalue weighted by molar-refractivity contribution is 7.99. The first kappa shape index (κ1) is 23.1. The molecule has 1 fully saturated rings. The molecule has 0 spiro atoms. The normalized spacial score (nSPS) is 14.2. The Morgan fingerprint density at radius 2 is 1.88 bits per heavy atom. The summed E-state index contributed by atoms with van der Waals surface area (Å²) in [4.78, 5) is 12.5. The number of aryl methyl sites for hydroxylation is 1. The number of hydrogen-bond donors (Lipinski definition) is 4. The number of nitrogens with zero attached hydrogens (tertiary/aromatic N) is 4. The standard InChI is InChI=1S/C20H26N8O3S2/c1-13-12-16(26-25-13)22-18-17(31-2)19(28-10-8-21-9-11-28)24-20(23-18)32-15-6-4-14(5-7-15)27-33(3,29)30/h4-7,12,21,27H,8-11H2,1-3H3,(H2,22,23,24,25,26). The first-order valence-corrected chi connectivity index (χ1v) is 13.0. The summed E-state index contributed by atoms with van der Waals surface area (Å²) in [6, 6.07) is 8.93. The number of nitrogens with one attached hydrogen (secondary N) is 4. The third kappa shape index (κ3) is 6.06. The highest BCUT2D eigenvalue weighted by Crippen LogP contribution is 2.38. The van der Waals surface area contributed by atoms with Crippen LogP contribution in [-0.4, -0.2) is 68.1 Å². The molecule has 3 heterocycles. The number of H-pyrrole nitrogens is 1. The van der Waals surface area contributed by atoms with Crippen LogP contribution in [0, 0.1) is 6.92 Å². The lowest BCUT2D eigenvalue weighted by molar-refractivity contribution is 0.409. The van der Waals surface area contributed by atoms with Gasteiger partial charge in [0.2, 0.25) is 15.8 Å². The molecule has 4 rings (SSSR count). The van der Waals surface area contributed by atoms with Gasteiger partial charge in [-0.15, -0.1) is 0 Å². The topological polar surface area (TPSA) is 137 Å². The summed E-state index contributed by atoms with van der Waals surface area (Å²) in [5.74, 6) is 2.41. The van der Waals surface area contributed by atoms with Crippen LogP contribution in [0.5, 0.6) is 5.75 Å². The van der Waals surface area contributed by atoms with Crippen LogP contribution in [-0.2, 0) is 10.0 Å². The molecule has 33 heavy (non-hydrogen) atoms. The first-order chi connectivity index (χ1) is 15.8. The maximum Gasteiger partial charge on any atom is 0.229 e. The van der Waals surface area contributed by atoms with E-state index in [0.717, 1.165) is 43.0 Å². The highest BCUT2D eigenvalue weighted by atomic mass is 32.2. The molecule has 0 atom stereocenters. The average Bonchev–Trinajstić information content (AvgIpc) is 3.19. The van der Waals surface area contributed by atoms with Crippen LogP contribution >= 0.6 is 11.8 Å². The van der Waals surface area contributed by atoms with Crippen LogP contribution in [0.1, 0.15) is 5.69 Å². The van der Waals surface area contributed by atoms with Crippen molar-refractivity contribution in [3.63, 3.8) is 0 Å². The number of sulfonamides is 1. The van der Waals surface area contributed by atoms with Crippen molar-refractivity contribution in [2.75, 3.05) is 54.5 Å². The lowest BCUT2D eigenvalue weighted by Gasteiger charge is -2.30. The van der Waals surface area contributed by atoms with Crippen molar-refractivity contribution in [1.82, 2.24) is 25.5 Å². The molecule has 0 amide bonds. The zero-order chi connectivity index (χ0) is 23.4. The maximum absolute atomic E-state index is 11.4. The van der Waals surface area contributed by atoms with Crippen LogP contribution in [0.25, 0.3) is 0 Å². The quantitative estimate of drug-likeness (QED) is 0.348. The van der Waals surface area contributed by atoms with Crippen molar-refractivity contribution in [2.45, 2.75) is 17.0 Å². The molecule has 0 saturated carbocycles. The van der Waals surface area contributed by atoms with Gasteiger partial charge in [-0.25, -0.2) is 18.4 Å². The SMILES string of the molecule is COc1c(Nc2cc(C)[nH]n2)nc(Sc2ccc(NS(C)(=O)=O)cc2)nc1N1CCNCC1. The van der Waals surface area contributed by atoms with E-state index in [9.17, 15) is 8.42 Å². The fraction of sp³-hybridized carbons (Fsp3) is 0.350. The second-order valence-corrected chi connectivity index (χ2v) is 10.3. The van der Waals surface area contributed by atoms with Gasteiger partial charge in [0, 0.05) is 48.5 Å². The number of ether oxygens (including phenoxy) is 1. The molecule has 0 unspecified atom stereocenters. The number of aromatic nitrogens is 4. The first-order valence-electron chi connectivity index (χ1n) is 10.3. The van der Waals surface area contributed by atoms with Gasteiger partial charge in [0.25, 0.3) is 0 Å². The van der Waals surface area contributed by atoms with Crippen LogP contribution in [0.15, 0.2) is 40.4 Å².